The van der Waals surface area contributed by atoms with Gasteiger partial charge in [-0.15, -0.1) is 0 Å². The molecule has 0 amide bonds. The molecular weight excluding hydrogens is 597 g/mol. The molecule has 9 aromatic rings. The molecule has 232 valence electrons. The summed E-state index contributed by atoms with van der Waals surface area (Å²) >= 11 is 0. The van der Waals surface area contributed by atoms with Gasteiger partial charge in [-0.3, -0.25) is 0 Å². The van der Waals surface area contributed by atoms with Crippen molar-refractivity contribution in [3.8, 4) is 33.7 Å². The lowest BCUT2D eigenvalue weighted by Crippen LogP contribution is -2.17. The molecule has 0 bridgehead atoms. The van der Waals surface area contributed by atoms with E-state index in [2.05, 4.69) is 157 Å². The fraction of sp³-hybridized carbons (Fsp3) is 0.0217. The van der Waals surface area contributed by atoms with Crippen molar-refractivity contribution in [1.29, 1.82) is 0 Å². The number of aromatic nitrogens is 1. The van der Waals surface area contributed by atoms with Crippen molar-refractivity contribution in [2.75, 3.05) is 4.90 Å². The summed E-state index contributed by atoms with van der Waals surface area (Å²) in [7, 11) is 0. The lowest BCUT2D eigenvalue weighted by Gasteiger charge is -2.28. The maximum absolute atomic E-state index is 6.51. The Hall–Kier alpha value is -6.45. The van der Waals surface area contributed by atoms with Gasteiger partial charge in [-0.1, -0.05) is 140 Å². The molecule has 0 aliphatic carbocycles. The quantitative estimate of drug-likeness (QED) is 0.176. The van der Waals surface area contributed by atoms with Crippen LogP contribution in [0.5, 0.6) is 0 Å². The van der Waals surface area contributed by atoms with Crippen LogP contribution in [0.2, 0.25) is 0 Å². The van der Waals surface area contributed by atoms with Gasteiger partial charge in [-0.05, 0) is 86.4 Å². The van der Waals surface area contributed by atoms with Crippen LogP contribution in [0.1, 0.15) is 5.56 Å². The van der Waals surface area contributed by atoms with Crippen molar-refractivity contribution in [3.05, 3.63) is 188 Å². The zero-order chi connectivity index (χ0) is 32.6. The Morgan fingerprint density at radius 1 is 0.449 bits per heavy atom. The van der Waals surface area contributed by atoms with Crippen molar-refractivity contribution in [2.24, 2.45) is 0 Å². The van der Waals surface area contributed by atoms with Crippen LogP contribution in [-0.2, 0) is 6.54 Å². The highest BCUT2D eigenvalue weighted by molar-refractivity contribution is 6.05. The molecule has 3 nitrogen and oxygen atoms in total. The third kappa shape index (κ3) is 5.42. The highest BCUT2D eigenvalue weighted by Crippen LogP contribution is 2.40. The van der Waals surface area contributed by atoms with E-state index in [0.717, 1.165) is 38.8 Å². The molecule has 0 unspecified atom stereocenters. The van der Waals surface area contributed by atoms with Crippen molar-refractivity contribution in [3.63, 3.8) is 0 Å². The zero-order valence-corrected chi connectivity index (χ0v) is 26.8. The first-order chi connectivity index (χ1) is 24.3. The molecular formula is C46H32N2O. The minimum atomic E-state index is 0.629. The van der Waals surface area contributed by atoms with Gasteiger partial charge >= 0.3 is 0 Å². The van der Waals surface area contributed by atoms with Crippen molar-refractivity contribution in [2.45, 2.75) is 6.54 Å². The standard InChI is InChI=1S/C46H32N2O/c1-4-14-32(15-5-1)40-22-12-11-21-37(40)31-48(39-28-36-20-10-13-23-41(36)42(30-39)33-16-6-2-7-17-33)38-26-24-34-25-27-44-45(43(34)29-38)49-46(47-44)35-18-8-3-9-19-35/h1-30H,31H2. The number of oxazole rings is 1. The van der Waals surface area contributed by atoms with E-state index in [1.165, 1.54) is 38.6 Å². The molecule has 0 radical (unpaired) electrons. The van der Waals surface area contributed by atoms with Gasteiger partial charge in [0, 0.05) is 28.9 Å². The number of rotatable bonds is 7. The number of benzene rings is 8. The maximum Gasteiger partial charge on any atom is 0.227 e. The Kier molecular flexibility index (Phi) is 7.21. The van der Waals surface area contributed by atoms with Crippen LogP contribution in [0.15, 0.2) is 186 Å². The topological polar surface area (TPSA) is 29.3 Å². The minimum absolute atomic E-state index is 0.629. The van der Waals surface area contributed by atoms with Crippen LogP contribution in [-0.4, -0.2) is 4.98 Å². The third-order valence-corrected chi connectivity index (χ3v) is 9.36. The predicted molar refractivity (Wildman–Crippen MR) is 204 cm³/mol. The molecule has 3 heteroatoms. The normalized spacial score (nSPS) is 11.3. The number of anilines is 2. The van der Waals surface area contributed by atoms with E-state index in [1.54, 1.807) is 0 Å². The molecule has 9 rings (SSSR count). The molecule has 1 heterocycles. The van der Waals surface area contributed by atoms with Gasteiger partial charge in [0.15, 0.2) is 5.58 Å². The second-order valence-electron chi connectivity index (χ2n) is 12.4. The molecule has 0 saturated carbocycles. The van der Waals surface area contributed by atoms with Gasteiger partial charge in [-0.25, -0.2) is 4.98 Å². The summed E-state index contributed by atoms with van der Waals surface area (Å²) in [5, 5.41) is 4.58. The van der Waals surface area contributed by atoms with Crippen LogP contribution < -0.4 is 4.90 Å². The van der Waals surface area contributed by atoms with Gasteiger partial charge in [-0.2, -0.15) is 0 Å². The lowest BCUT2D eigenvalue weighted by atomic mass is 9.96. The zero-order valence-electron chi connectivity index (χ0n) is 26.8. The fourth-order valence-corrected chi connectivity index (χ4v) is 6.93. The second kappa shape index (κ2) is 12.3. The van der Waals surface area contributed by atoms with Crippen LogP contribution in [0, 0.1) is 0 Å². The van der Waals surface area contributed by atoms with E-state index in [1.807, 2.05) is 30.3 Å². The first kappa shape index (κ1) is 28.7. The molecule has 0 fully saturated rings. The van der Waals surface area contributed by atoms with Gasteiger partial charge in [0.1, 0.15) is 5.52 Å². The Morgan fingerprint density at radius 3 is 1.86 bits per heavy atom. The SMILES string of the molecule is c1ccc(-c2nc3ccc4ccc(N(Cc5ccccc5-c5ccccc5)c5cc(-c6ccccc6)c6ccccc6c5)cc4c3o2)cc1. The van der Waals surface area contributed by atoms with Crippen LogP contribution in [0.3, 0.4) is 0 Å². The van der Waals surface area contributed by atoms with Crippen molar-refractivity contribution >= 4 is 44.0 Å². The van der Waals surface area contributed by atoms with Gasteiger partial charge in [0.2, 0.25) is 5.89 Å². The predicted octanol–water partition coefficient (Wildman–Crippen LogP) is 12.5. The van der Waals surface area contributed by atoms with Gasteiger partial charge in [0.05, 0.1) is 0 Å². The van der Waals surface area contributed by atoms with E-state index in [0.29, 0.717) is 12.4 Å². The molecule has 0 N–H and O–H groups in total. The maximum atomic E-state index is 6.51. The second-order valence-corrected chi connectivity index (χ2v) is 12.4. The third-order valence-electron chi connectivity index (χ3n) is 9.36. The Labute approximate surface area is 285 Å². The van der Waals surface area contributed by atoms with E-state index in [-0.39, 0.29) is 0 Å². The first-order valence-electron chi connectivity index (χ1n) is 16.7. The number of hydrogen-bond donors (Lipinski definition) is 0. The monoisotopic (exact) mass is 628 g/mol. The average molecular weight is 629 g/mol. The minimum Gasteiger partial charge on any atom is -0.435 e. The summed E-state index contributed by atoms with van der Waals surface area (Å²) in [6, 6.07) is 64.4. The first-order valence-corrected chi connectivity index (χ1v) is 16.7. The highest BCUT2D eigenvalue weighted by atomic mass is 16.3. The van der Waals surface area contributed by atoms with Crippen molar-refractivity contribution in [1.82, 2.24) is 4.98 Å². The number of fused-ring (bicyclic) bond motifs is 4. The smallest absolute Gasteiger partial charge is 0.227 e. The molecule has 8 aromatic carbocycles. The van der Waals surface area contributed by atoms with Crippen LogP contribution in [0.4, 0.5) is 11.4 Å². The number of nitrogens with zero attached hydrogens (tertiary/aromatic N) is 2. The Balaban J connectivity index is 1.26. The summed E-state index contributed by atoms with van der Waals surface area (Å²) in [5.41, 5.74) is 10.9. The summed E-state index contributed by atoms with van der Waals surface area (Å²) in [4.78, 5) is 7.32. The van der Waals surface area contributed by atoms with E-state index in [4.69, 9.17) is 9.40 Å². The summed E-state index contributed by atoms with van der Waals surface area (Å²) in [6.45, 7) is 0.671. The molecule has 49 heavy (non-hydrogen) atoms. The molecule has 0 aliphatic rings. The molecule has 1 aromatic heterocycles. The van der Waals surface area contributed by atoms with E-state index in [9.17, 15) is 0 Å². The van der Waals surface area contributed by atoms with Crippen molar-refractivity contribution < 1.29 is 4.42 Å². The lowest BCUT2D eigenvalue weighted by molar-refractivity contribution is 0.623. The average Bonchev–Trinajstić information content (AvgIpc) is 3.63. The van der Waals surface area contributed by atoms with Gasteiger partial charge < -0.3 is 9.32 Å². The molecule has 0 saturated heterocycles. The van der Waals surface area contributed by atoms with E-state index < -0.39 is 0 Å². The Bertz CT molecular complexity index is 2570. The van der Waals surface area contributed by atoms with E-state index >= 15 is 0 Å². The summed E-state index contributed by atoms with van der Waals surface area (Å²) < 4.78 is 6.51. The summed E-state index contributed by atoms with van der Waals surface area (Å²) in [5.74, 6) is 0.629. The van der Waals surface area contributed by atoms with Crippen LogP contribution >= 0.6 is 0 Å². The number of hydrogen-bond acceptors (Lipinski definition) is 3. The Morgan fingerprint density at radius 2 is 1.08 bits per heavy atom. The largest absolute Gasteiger partial charge is 0.435 e. The molecule has 0 spiro atoms. The summed E-state index contributed by atoms with van der Waals surface area (Å²) in [6.07, 6.45) is 0. The van der Waals surface area contributed by atoms with Crippen LogP contribution in [0.25, 0.3) is 66.4 Å². The fourth-order valence-electron chi connectivity index (χ4n) is 6.93. The molecule has 0 atom stereocenters. The molecule has 0 aliphatic heterocycles. The highest BCUT2D eigenvalue weighted by Gasteiger charge is 2.19. The van der Waals surface area contributed by atoms with Gasteiger partial charge in [0.25, 0.3) is 0 Å².